The highest BCUT2D eigenvalue weighted by atomic mass is 32.2. The van der Waals surface area contributed by atoms with Crippen molar-refractivity contribution in [3.63, 3.8) is 0 Å². The highest BCUT2D eigenvalue weighted by molar-refractivity contribution is 7.91. The number of hydrogen-bond donors (Lipinski definition) is 1. The SMILES string of the molecule is O=C(Cn1nc(-c2ccc3ccccc3c2)ccc1=O)N[C@@H]1CCS(=O)(=O)C1. The maximum Gasteiger partial charge on any atom is 0.267 e. The fourth-order valence-corrected chi connectivity index (χ4v) is 5.06. The summed E-state index contributed by atoms with van der Waals surface area (Å²) in [5.41, 5.74) is 1.04. The van der Waals surface area contributed by atoms with Crippen molar-refractivity contribution in [3.05, 3.63) is 65.0 Å². The molecule has 4 rings (SSSR count). The van der Waals surface area contributed by atoms with E-state index in [1.54, 1.807) is 6.07 Å². The van der Waals surface area contributed by atoms with E-state index in [1.165, 1.54) is 6.07 Å². The van der Waals surface area contributed by atoms with Crippen LogP contribution in [-0.2, 0) is 21.2 Å². The Morgan fingerprint density at radius 3 is 2.64 bits per heavy atom. The standard InChI is InChI=1S/C20H19N3O4S/c24-19(21-17-9-10-28(26,27)13-17)12-23-20(25)8-7-18(22-23)16-6-5-14-3-1-2-4-15(14)11-16/h1-8,11,17H,9-10,12-13H2,(H,21,24)/t17-/m1/s1. The van der Waals surface area contributed by atoms with E-state index in [0.29, 0.717) is 12.1 Å². The minimum Gasteiger partial charge on any atom is -0.351 e. The number of nitrogens with zero attached hydrogens (tertiary/aromatic N) is 2. The van der Waals surface area contributed by atoms with E-state index in [2.05, 4.69) is 10.4 Å². The molecule has 0 spiro atoms. The number of carbonyl (C=O) groups is 1. The molecule has 0 bridgehead atoms. The topological polar surface area (TPSA) is 98.1 Å². The fourth-order valence-electron chi connectivity index (χ4n) is 3.38. The Morgan fingerprint density at radius 2 is 1.89 bits per heavy atom. The lowest BCUT2D eigenvalue weighted by Crippen LogP contribution is -2.40. The van der Waals surface area contributed by atoms with Crippen molar-refractivity contribution in [1.82, 2.24) is 15.1 Å². The molecule has 1 saturated heterocycles. The zero-order valence-electron chi connectivity index (χ0n) is 15.0. The molecule has 1 N–H and O–H groups in total. The third-order valence-electron chi connectivity index (χ3n) is 4.80. The molecule has 2 aromatic carbocycles. The molecule has 1 aliphatic rings. The monoisotopic (exact) mass is 397 g/mol. The van der Waals surface area contributed by atoms with E-state index >= 15 is 0 Å². The van der Waals surface area contributed by atoms with E-state index in [-0.39, 0.29) is 18.1 Å². The maximum atomic E-state index is 12.2. The molecule has 2 heterocycles. The zero-order chi connectivity index (χ0) is 19.7. The summed E-state index contributed by atoms with van der Waals surface area (Å²) in [5.74, 6) is -0.404. The van der Waals surface area contributed by atoms with Gasteiger partial charge in [0.05, 0.1) is 17.2 Å². The summed E-state index contributed by atoms with van der Waals surface area (Å²) in [7, 11) is -3.08. The molecule has 28 heavy (non-hydrogen) atoms. The van der Waals surface area contributed by atoms with E-state index in [4.69, 9.17) is 0 Å². The molecule has 7 nitrogen and oxygen atoms in total. The van der Waals surface area contributed by atoms with Gasteiger partial charge in [0, 0.05) is 17.7 Å². The summed E-state index contributed by atoms with van der Waals surface area (Å²) in [4.78, 5) is 24.4. The van der Waals surface area contributed by atoms with Crippen LogP contribution in [0.5, 0.6) is 0 Å². The summed E-state index contributed by atoms with van der Waals surface area (Å²) in [6.45, 7) is -0.253. The Labute approximate surface area is 161 Å². The molecule has 0 saturated carbocycles. The van der Waals surface area contributed by atoms with Gasteiger partial charge in [-0.3, -0.25) is 9.59 Å². The molecule has 3 aromatic rings. The fraction of sp³-hybridized carbons (Fsp3) is 0.250. The molecule has 1 aromatic heterocycles. The largest absolute Gasteiger partial charge is 0.351 e. The normalized spacial score (nSPS) is 18.2. The van der Waals surface area contributed by atoms with Gasteiger partial charge in [0.1, 0.15) is 6.54 Å². The van der Waals surface area contributed by atoms with Crippen molar-refractivity contribution in [2.45, 2.75) is 19.0 Å². The first-order valence-electron chi connectivity index (χ1n) is 8.97. The van der Waals surface area contributed by atoms with Crippen LogP contribution in [-0.4, -0.2) is 41.7 Å². The Bertz CT molecular complexity index is 1220. The van der Waals surface area contributed by atoms with Crippen molar-refractivity contribution < 1.29 is 13.2 Å². The summed E-state index contributed by atoms with van der Waals surface area (Å²) in [6, 6.07) is 16.4. The van der Waals surface area contributed by atoms with Gasteiger partial charge in [0.15, 0.2) is 9.84 Å². The second kappa shape index (κ2) is 7.20. The number of nitrogens with one attached hydrogen (secondary N) is 1. The molecule has 0 radical (unpaired) electrons. The third kappa shape index (κ3) is 3.96. The van der Waals surface area contributed by atoms with Gasteiger partial charge >= 0.3 is 0 Å². The number of carbonyl (C=O) groups excluding carboxylic acids is 1. The lowest BCUT2D eigenvalue weighted by Gasteiger charge is -2.12. The maximum absolute atomic E-state index is 12.2. The van der Waals surface area contributed by atoms with Crippen LogP contribution in [0.1, 0.15) is 6.42 Å². The van der Waals surface area contributed by atoms with E-state index < -0.39 is 27.3 Å². The average molecular weight is 397 g/mol. The molecule has 1 fully saturated rings. The van der Waals surface area contributed by atoms with Crippen LogP contribution in [0.2, 0.25) is 0 Å². The van der Waals surface area contributed by atoms with Crippen LogP contribution >= 0.6 is 0 Å². The lowest BCUT2D eigenvalue weighted by atomic mass is 10.1. The Balaban J connectivity index is 1.55. The Kier molecular flexibility index (Phi) is 4.72. The van der Waals surface area contributed by atoms with Crippen molar-refractivity contribution in [2.24, 2.45) is 0 Å². The number of aromatic nitrogens is 2. The summed E-state index contributed by atoms with van der Waals surface area (Å²) < 4.78 is 24.1. The average Bonchev–Trinajstić information content (AvgIpc) is 3.01. The Hall–Kier alpha value is -3.00. The lowest BCUT2D eigenvalue weighted by molar-refractivity contribution is -0.122. The molecule has 0 unspecified atom stereocenters. The molecule has 1 aliphatic heterocycles. The highest BCUT2D eigenvalue weighted by Gasteiger charge is 2.28. The van der Waals surface area contributed by atoms with Crippen molar-refractivity contribution in [1.29, 1.82) is 0 Å². The molecular weight excluding hydrogens is 378 g/mol. The molecule has 144 valence electrons. The Morgan fingerprint density at radius 1 is 1.11 bits per heavy atom. The van der Waals surface area contributed by atoms with Crippen LogP contribution in [0.3, 0.4) is 0 Å². The predicted molar refractivity (Wildman–Crippen MR) is 107 cm³/mol. The molecular formula is C20H19N3O4S. The molecule has 1 amide bonds. The summed E-state index contributed by atoms with van der Waals surface area (Å²) >= 11 is 0. The second-order valence-corrected chi connectivity index (χ2v) is 9.17. The number of benzene rings is 2. The van der Waals surface area contributed by atoms with Gasteiger partial charge in [0.25, 0.3) is 5.56 Å². The minimum atomic E-state index is -3.08. The minimum absolute atomic E-state index is 0.0573. The van der Waals surface area contributed by atoms with Crippen LogP contribution in [0.4, 0.5) is 0 Å². The van der Waals surface area contributed by atoms with Crippen LogP contribution in [0, 0.1) is 0 Å². The van der Waals surface area contributed by atoms with Crippen LogP contribution in [0.15, 0.2) is 59.4 Å². The van der Waals surface area contributed by atoms with Crippen molar-refractivity contribution in [3.8, 4) is 11.3 Å². The van der Waals surface area contributed by atoms with Crippen LogP contribution in [0.25, 0.3) is 22.0 Å². The number of sulfone groups is 1. The van der Waals surface area contributed by atoms with Crippen molar-refractivity contribution in [2.75, 3.05) is 11.5 Å². The van der Waals surface area contributed by atoms with E-state index in [1.807, 2.05) is 42.5 Å². The number of amides is 1. The van der Waals surface area contributed by atoms with E-state index in [0.717, 1.165) is 21.0 Å². The zero-order valence-corrected chi connectivity index (χ0v) is 15.9. The van der Waals surface area contributed by atoms with E-state index in [9.17, 15) is 18.0 Å². The first-order valence-corrected chi connectivity index (χ1v) is 10.8. The molecule has 1 atom stereocenters. The first-order chi connectivity index (χ1) is 13.4. The second-order valence-electron chi connectivity index (χ2n) is 6.94. The highest BCUT2D eigenvalue weighted by Crippen LogP contribution is 2.22. The number of hydrogen-bond acceptors (Lipinski definition) is 5. The quantitative estimate of drug-likeness (QED) is 0.717. The predicted octanol–water partition coefficient (Wildman–Crippen LogP) is 1.37. The van der Waals surface area contributed by atoms with Gasteiger partial charge in [-0.05, 0) is 29.3 Å². The molecule has 8 heteroatoms. The number of rotatable bonds is 4. The summed E-state index contributed by atoms with van der Waals surface area (Å²) in [5, 5.41) is 9.15. The van der Waals surface area contributed by atoms with Gasteiger partial charge in [-0.2, -0.15) is 5.10 Å². The van der Waals surface area contributed by atoms with Gasteiger partial charge in [-0.15, -0.1) is 0 Å². The number of fused-ring (bicyclic) bond motifs is 1. The van der Waals surface area contributed by atoms with Crippen LogP contribution < -0.4 is 10.9 Å². The third-order valence-corrected chi connectivity index (χ3v) is 6.57. The van der Waals surface area contributed by atoms with Gasteiger partial charge in [0.2, 0.25) is 5.91 Å². The summed E-state index contributed by atoms with van der Waals surface area (Å²) in [6.07, 6.45) is 0.396. The molecule has 0 aliphatic carbocycles. The van der Waals surface area contributed by atoms with Gasteiger partial charge in [-0.1, -0.05) is 36.4 Å². The first kappa shape index (κ1) is 18.4. The van der Waals surface area contributed by atoms with Gasteiger partial charge < -0.3 is 5.32 Å². The van der Waals surface area contributed by atoms with Gasteiger partial charge in [-0.25, -0.2) is 13.1 Å². The van der Waals surface area contributed by atoms with Crippen molar-refractivity contribution >= 4 is 26.5 Å². The smallest absolute Gasteiger partial charge is 0.267 e.